The van der Waals surface area contributed by atoms with E-state index in [0.29, 0.717) is 30.5 Å². The zero-order chi connectivity index (χ0) is 14.8. The third-order valence-electron chi connectivity index (χ3n) is 3.34. The summed E-state index contributed by atoms with van der Waals surface area (Å²) in [6.45, 7) is 0.967. The summed E-state index contributed by atoms with van der Waals surface area (Å²) in [4.78, 5) is 28.9. The Balaban J connectivity index is 1.76. The molecule has 8 nitrogen and oxygen atoms in total. The second-order valence-electron chi connectivity index (χ2n) is 4.90. The summed E-state index contributed by atoms with van der Waals surface area (Å²) in [7, 11) is 0. The molecule has 1 unspecified atom stereocenters. The van der Waals surface area contributed by atoms with Gasteiger partial charge in [-0.05, 0) is 31.5 Å². The molecule has 3 heterocycles. The number of anilines is 2. The predicted octanol–water partition coefficient (Wildman–Crippen LogP) is 0.477. The Morgan fingerprint density at radius 2 is 2.29 bits per heavy atom. The number of hydrogen-bond donors (Lipinski definition) is 2. The van der Waals surface area contributed by atoms with E-state index in [9.17, 15) is 9.59 Å². The topological polar surface area (TPSA) is 107 Å². The number of amides is 2. The number of pyridine rings is 1. The van der Waals surface area contributed by atoms with E-state index in [-0.39, 0.29) is 18.6 Å². The molecule has 0 aromatic carbocycles. The second-order valence-corrected chi connectivity index (χ2v) is 4.90. The highest BCUT2D eigenvalue weighted by molar-refractivity contribution is 5.95. The molecule has 3 rings (SSSR count). The first-order chi connectivity index (χ1) is 10.2. The summed E-state index contributed by atoms with van der Waals surface area (Å²) in [6, 6.07) is 3.35. The van der Waals surface area contributed by atoms with Gasteiger partial charge in [0, 0.05) is 0 Å². The van der Waals surface area contributed by atoms with Crippen molar-refractivity contribution in [1.82, 2.24) is 4.98 Å². The lowest BCUT2D eigenvalue weighted by molar-refractivity contribution is -0.118. The second kappa shape index (κ2) is 5.57. The summed E-state index contributed by atoms with van der Waals surface area (Å²) in [5.41, 5.74) is 5.46. The normalized spacial score (nSPS) is 20.6. The number of carbonyl (C=O) groups excluding carboxylic acids is 2. The Morgan fingerprint density at radius 3 is 3.10 bits per heavy atom. The SMILES string of the molecule is NCCCC1CN(c2ccc3c(n2)NC(=O)CO3)C(=O)O1. The minimum Gasteiger partial charge on any atom is -0.480 e. The Kier molecular flexibility index (Phi) is 3.61. The molecule has 0 aliphatic carbocycles. The monoisotopic (exact) mass is 292 g/mol. The van der Waals surface area contributed by atoms with Gasteiger partial charge in [-0.2, -0.15) is 0 Å². The smallest absolute Gasteiger partial charge is 0.415 e. The van der Waals surface area contributed by atoms with Gasteiger partial charge in [-0.15, -0.1) is 0 Å². The first kappa shape index (κ1) is 13.6. The lowest BCUT2D eigenvalue weighted by Gasteiger charge is -2.19. The van der Waals surface area contributed by atoms with Crippen LogP contribution in [-0.4, -0.2) is 42.8 Å². The minimum atomic E-state index is -0.437. The van der Waals surface area contributed by atoms with Crippen LogP contribution in [0.25, 0.3) is 0 Å². The fourth-order valence-electron chi connectivity index (χ4n) is 2.31. The van der Waals surface area contributed by atoms with Crippen LogP contribution in [0.5, 0.6) is 5.75 Å². The molecule has 2 aliphatic heterocycles. The lowest BCUT2D eigenvalue weighted by Crippen LogP contribution is -2.29. The fourth-order valence-corrected chi connectivity index (χ4v) is 2.31. The molecule has 112 valence electrons. The molecular formula is C13H16N4O4. The zero-order valence-corrected chi connectivity index (χ0v) is 11.4. The summed E-state index contributed by atoms with van der Waals surface area (Å²) in [5, 5.41) is 2.61. The van der Waals surface area contributed by atoms with Crippen molar-refractivity contribution >= 4 is 23.6 Å². The Labute approximate surface area is 121 Å². The Bertz CT molecular complexity index is 577. The molecule has 1 aromatic heterocycles. The van der Waals surface area contributed by atoms with Gasteiger partial charge in [-0.25, -0.2) is 9.78 Å². The van der Waals surface area contributed by atoms with Gasteiger partial charge in [0.05, 0.1) is 6.54 Å². The van der Waals surface area contributed by atoms with E-state index < -0.39 is 6.09 Å². The van der Waals surface area contributed by atoms with Crippen molar-refractivity contribution in [2.75, 3.05) is 29.9 Å². The van der Waals surface area contributed by atoms with Gasteiger partial charge in [0.1, 0.15) is 11.9 Å². The Hall–Kier alpha value is -2.35. The summed E-state index contributed by atoms with van der Waals surface area (Å²) >= 11 is 0. The number of ether oxygens (including phenoxy) is 2. The number of aromatic nitrogens is 1. The fraction of sp³-hybridized carbons (Fsp3) is 0.462. The number of nitrogens with two attached hydrogens (primary N) is 1. The molecule has 8 heteroatoms. The van der Waals surface area contributed by atoms with Crippen LogP contribution in [0.2, 0.25) is 0 Å². The number of rotatable bonds is 4. The van der Waals surface area contributed by atoms with E-state index in [1.807, 2.05) is 0 Å². The average Bonchev–Trinajstić information content (AvgIpc) is 2.85. The van der Waals surface area contributed by atoms with Crippen LogP contribution < -0.4 is 20.7 Å². The molecule has 0 radical (unpaired) electrons. The summed E-state index contributed by atoms with van der Waals surface area (Å²) < 4.78 is 10.5. The number of nitrogens with one attached hydrogen (secondary N) is 1. The molecule has 1 atom stereocenters. The van der Waals surface area contributed by atoms with Crippen molar-refractivity contribution in [1.29, 1.82) is 0 Å². The van der Waals surface area contributed by atoms with Crippen LogP contribution in [-0.2, 0) is 9.53 Å². The molecule has 1 saturated heterocycles. The maximum Gasteiger partial charge on any atom is 0.415 e. The van der Waals surface area contributed by atoms with Crippen molar-refractivity contribution in [2.24, 2.45) is 5.73 Å². The molecule has 0 spiro atoms. The highest BCUT2D eigenvalue weighted by Crippen LogP contribution is 2.30. The van der Waals surface area contributed by atoms with Crippen molar-refractivity contribution in [3.05, 3.63) is 12.1 Å². The minimum absolute atomic E-state index is 0.0268. The molecule has 0 saturated carbocycles. The number of carbonyl (C=O) groups is 2. The lowest BCUT2D eigenvalue weighted by atomic mass is 10.2. The largest absolute Gasteiger partial charge is 0.480 e. The first-order valence-corrected chi connectivity index (χ1v) is 6.79. The molecule has 1 aromatic rings. The van der Waals surface area contributed by atoms with Crippen LogP contribution in [0.1, 0.15) is 12.8 Å². The van der Waals surface area contributed by atoms with Crippen molar-refractivity contribution in [2.45, 2.75) is 18.9 Å². The van der Waals surface area contributed by atoms with Gasteiger partial charge in [0.25, 0.3) is 5.91 Å². The number of hydrogen-bond acceptors (Lipinski definition) is 6. The number of fused-ring (bicyclic) bond motifs is 1. The van der Waals surface area contributed by atoms with Crippen LogP contribution in [0.4, 0.5) is 16.4 Å². The first-order valence-electron chi connectivity index (χ1n) is 6.79. The highest BCUT2D eigenvalue weighted by atomic mass is 16.6. The van der Waals surface area contributed by atoms with Crippen LogP contribution in [0.15, 0.2) is 12.1 Å². The van der Waals surface area contributed by atoms with E-state index in [1.54, 1.807) is 12.1 Å². The molecule has 3 N–H and O–H groups in total. The summed E-state index contributed by atoms with van der Waals surface area (Å²) in [5.74, 6) is 0.976. The number of cyclic esters (lactones) is 1. The van der Waals surface area contributed by atoms with E-state index in [0.717, 1.165) is 12.8 Å². The third-order valence-corrected chi connectivity index (χ3v) is 3.34. The molecular weight excluding hydrogens is 276 g/mol. The third kappa shape index (κ3) is 2.75. The molecule has 2 amide bonds. The predicted molar refractivity (Wildman–Crippen MR) is 74.3 cm³/mol. The van der Waals surface area contributed by atoms with Crippen molar-refractivity contribution in [3.63, 3.8) is 0 Å². The van der Waals surface area contributed by atoms with Gasteiger partial charge in [0.2, 0.25) is 0 Å². The average molecular weight is 292 g/mol. The van der Waals surface area contributed by atoms with Crippen LogP contribution >= 0.6 is 0 Å². The molecule has 1 fully saturated rings. The standard InChI is InChI=1S/C13H16N4O4/c14-5-1-2-8-6-17(13(19)21-8)10-4-3-9-12(15-10)16-11(18)7-20-9/h3-4,8H,1-2,5-7,14H2,(H,15,16,18). The maximum atomic E-state index is 11.9. The van der Waals surface area contributed by atoms with Gasteiger partial charge in [0.15, 0.2) is 18.2 Å². The number of nitrogens with zero attached hydrogens (tertiary/aromatic N) is 2. The van der Waals surface area contributed by atoms with Gasteiger partial charge in [-0.1, -0.05) is 0 Å². The van der Waals surface area contributed by atoms with Crippen LogP contribution in [0.3, 0.4) is 0 Å². The molecule has 2 aliphatic rings. The van der Waals surface area contributed by atoms with E-state index in [1.165, 1.54) is 4.90 Å². The van der Waals surface area contributed by atoms with Crippen LogP contribution in [0, 0.1) is 0 Å². The highest BCUT2D eigenvalue weighted by Gasteiger charge is 2.33. The zero-order valence-electron chi connectivity index (χ0n) is 11.4. The summed E-state index contributed by atoms with van der Waals surface area (Å²) in [6.07, 6.45) is 0.911. The van der Waals surface area contributed by atoms with Gasteiger partial charge >= 0.3 is 6.09 Å². The van der Waals surface area contributed by atoms with Crippen molar-refractivity contribution in [3.8, 4) is 5.75 Å². The Morgan fingerprint density at radius 1 is 1.43 bits per heavy atom. The van der Waals surface area contributed by atoms with E-state index in [2.05, 4.69) is 10.3 Å². The van der Waals surface area contributed by atoms with E-state index >= 15 is 0 Å². The van der Waals surface area contributed by atoms with Gasteiger partial charge in [-0.3, -0.25) is 9.69 Å². The van der Waals surface area contributed by atoms with E-state index in [4.69, 9.17) is 15.2 Å². The quantitative estimate of drug-likeness (QED) is 0.835. The molecule has 0 bridgehead atoms. The maximum absolute atomic E-state index is 11.9. The molecule has 21 heavy (non-hydrogen) atoms. The van der Waals surface area contributed by atoms with Gasteiger partial charge < -0.3 is 20.5 Å². The van der Waals surface area contributed by atoms with Crippen molar-refractivity contribution < 1.29 is 19.1 Å².